The van der Waals surface area contributed by atoms with Gasteiger partial charge in [0.25, 0.3) is 0 Å². The van der Waals surface area contributed by atoms with Crippen molar-refractivity contribution < 1.29 is 58.5 Å². The number of aliphatic hydroxyl groups is 2. The molecule has 0 unspecified atom stereocenters. The number of hydrogen-bond acceptors (Lipinski definition) is 14. The molecule has 0 bridgehead atoms. The molecule has 0 fully saturated rings. The Hall–Kier alpha value is -6.41. The number of carboxylic acids is 1. The largest absolute Gasteiger partial charge is 0.480 e. The average molecular weight is 911 g/mol. The van der Waals surface area contributed by atoms with Crippen LogP contribution in [0.1, 0.15) is 72.9 Å². The van der Waals surface area contributed by atoms with Crippen LogP contribution in [0.2, 0.25) is 0 Å². The number of carboxylic acid groups (broad SMARTS) is 1. The second-order valence-corrected chi connectivity index (χ2v) is 16.1. The van der Waals surface area contributed by atoms with Crippen molar-refractivity contribution >= 4 is 59.2 Å². The number of carbonyl (C=O) groups excluding carboxylic acids is 8. The Balaban J connectivity index is 3.23. The molecule has 360 valence electrons. The number of carbonyl (C=O) groups is 9. The number of imidazole rings is 1. The first-order chi connectivity index (χ1) is 29.9. The first-order valence-electron chi connectivity index (χ1n) is 20.6. The Morgan fingerprint density at radius 3 is 1.59 bits per heavy atom. The highest BCUT2D eigenvalue weighted by Gasteiger charge is 2.36. The standard InChI is InChI=1S/C38H66N14O12/c1-17(2)10-22(30(56)46-21(37(63)64)8-7-9-44-38(41)42)47-33(59)25(14-53)51-34(60)26(15-54)50-31(57)23(11-20-13-43-16-45-20)49-36(62)29(19(5)6)52-32(58)24(12-27(39)55)48-35(61)28(40)18(3)4/h13,16-19,21-26,28-29,53-54H,7-12,14-15,40H2,1-6H3,(H2,39,55)(H,43,45)(H,46,56)(H,47,59)(H,48,61)(H,49,62)(H,50,57)(H,51,60)(H,52,58)(H,63,64)(H4,41,42,44)/t21-,22-,23-,24-,25-,26-,28-,29-/m0/s1. The molecule has 8 amide bonds. The van der Waals surface area contributed by atoms with Crippen molar-refractivity contribution in [2.24, 2.45) is 45.7 Å². The van der Waals surface area contributed by atoms with E-state index in [1.54, 1.807) is 41.5 Å². The van der Waals surface area contributed by atoms with E-state index in [1.807, 2.05) is 0 Å². The van der Waals surface area contributed by atoms with Gasteiger partial charge in [0.05, 0.1) is 32.0 Å². The van der Waals surface area contributed by atoms with E-state index in [4.69, 9.17) is 22.9 Å². The number of aliphatic imine (C=N–C) groups is 1. The summed E-state index contributed by atoms with van der Waals surface area (Å²) >= 11 is 0. The van der Waals surface area contributed by atoms with Gasteiger partial charge < -0.3 is 80.5 Å². The summed E-state index contributed by atoms with van der Waals surface area (Å²) in [7, 11) is 0. The molecule has 1 aromatic heterocycles. The monoisotopic (exact) mass is 910 g/mol. The predicted octanol–water partition coefficient (Wildman–Crippen LogP) is -5.97. The van der Waals surface area contributed by atoms with Crippen LogP contribution in [0.5, 0.6) is 0 Å². The van der Waals surface area contributed by atoms with E-state index in [0.717, 1.165) is 0 Å². The molecular formula is C38H66N14O12. The SMILES string of the molecule is CC(C)C[C@H](NC(=O)[C@H](CO)NC(=O)[C@H](CO)NC(=O)[C@H](Cc1cnc[nH]1)NC(=O)[C@@H](NC(=O)[C@H](CC(N)=O)NC(=O)[C@@H](N)C(C)C)C(C)C)C(=O)N[C@@H](CCCN=C(N)N)C(=O)O. The molecular weight excluding hydrogens is 845 g/mol. The van der Waals surface area contributed by atoms with Gasteiger partial charge >= 0.3 is 5.97 Å². The van der Waals surface area contributed by atoms with E-state index in [1.165, 1.54) is 12.5 Å². The molecule has 0 spiro atoms. The molecule has 0 aliphatic carbocycles. The molecule has 19 N–H and O–H groups in total. The normalized spacial score (nSPS) is 14.9. The fourth-order valence-electron chi connectivity index (χ4n) is 5.80. The van der Waals surface area contributed by atoms with Gasteiger partial charge in [0.1, 0.15) is 42.3 Å². The summed E-state index contributed by atoms with van der Waals surface area (Å²) in [6.45, 7) is 7.96. The average Bonchev–Trinajstić information content (AvgIpc) is 3.72. The Bertz CT molecular complexity index is 1770. The van der Waals surface area contributed by atoms with Crippen molar-refractivity contribution in [1.29, 1.82) is 0 Å². The molecule has 1 rings (SSSR count). The van der Waals surface area contributed by atoms with Crippen LogP contribution >= 0.6 is 0 Å². The molecule has 0 saturated carbocycles. The highest BCUT2D eigenvalue weighted by molar-refractivity contribution is 5.98. The number of nitrogens with one attached hydrogen (secondary N) is 8. The zero-order valence-corrected chi connectivity index (χ0v) is 36.9. The molecule has 26 nitrogen and oxygen atoms in total. The molecule has 26 heteroatoms. The van der Waals surface area contributed by atoms with Gasteiger partial charge in [-0.2, -0.15) is 0 Å². The van der Waals surface area contributed by atoms with E-state index in [-0.39, 0.29) is 50.0 Å². The Kier molecular flexibility index (Phi) is 24.0. The maximum Gasteiger partial charge on any atom is 0.326 e. The van der Waals surface area contributed by atoms with Crippen molar-refractivity contribution in [2.75, 3.05) is 19.8 Å². The lowest BCUT2D eigenvalue weighted by Crippen LogP contribution is -2.62. The predicted molar refractivity (Wildman–Crippen MR) is 228 cm³/mol. The summed E-state index contributed by atoms with van der Waals surface area (Å²) in [6, 6.07) is -11.6. The quantitative estimate of drug-likeness (QED) is 0.0202. The number of hydrogen-bond donors (Lipinski definition) is 15. The number of H-pyrrole nitrogens is 1. The van der Waals surface area contributed by atoms with E-state index in [0.29, 0.717) is 5.69 Å². The molecule has 1 aromatic rings. The number of aromatic nitrogens is 2. The van der Waals surface area contributed by atoms with Crippen molar-refractivity contribution in [2.45, 2.75) is 122 Å². The summed E-state index contributed by atoms with van der Waals surface area (Å²) < 4.78 is 0. The molecule has 1 heterocycles. The number of guanidine groups is 1. The zero-order valence-electron chi connectivity index (χ0n) is 36.9. The molecule has 0 saturated heterocycles. The molecule has 8 atom stereocenters. The van der Waals surface area contributed by atoms with E-state index in [9.17, 15) is 58.5 Å². The first-order valence-corrected chi connectivity index (χ1v) is 20.6. The maximum absolute atomic E-state index is 13.8. The van der Waals surface area contributed by atoms with Crippen molar-refractivity contribution in [1.82, 2.24) is 47.2 Å². The van der Waals surface area contributed by atoms with E-state index in [2.05, 4.69) is 52.2 Å². The smallest absolute Gasteiger partial charge is 0.326 e. The van der Waals surface area contributed by atoms with Crippen LogP contribution < -0.4 is 60.2 Å². The first kappa shape index (κ1) is 55.6. The van der Waals surface area contributed by atoms with Gasteiger partial charge in [-0.05, 0) is 37.0 Å². The second-order valence-electron chi connectivity index (χ2n) is 16.1. The zero-order chi connectivity index (χ0) is 48.8. The van der Waals surface area contributed by atoms with Gasteiger partial charge in [0.2, 0.25) is 47.3 Å². The Labute approximate surface area is 370 Å². The van der Waals surface area contributed by atoms with Gasteiger partial charge in [0.15, 0.2) is 5.96 Å². The Morgan fingerprint density at radius 2 is 1.14 bits per heavy atom. The number of nitrogens with zero attached hydrogens (tertiary/aromatic N) is 2. The van der Waals surface area contributed by atoms with Crippen molar-refractivity contribution in [3.63, 3.8) is 0 Å². The second kappa shape index (κ2) is 27.6. The van der Waals surface area contributed by atoms with Crippen molar-refractivity contribution in [3.8, 4) is 0 Å². The minimum atomic E-state index is -1.78. The third-order valence-electron chi connectivity index (χ3n) is 9.45. The fraction of sp³-hybridized carbons (Fsp3) is 0.658. The number of primary amides is 1. The number of aromatic amines is 1. The molecule has 0 aliphatic heterocycles. The maximum atomic E-state index is 13.8. The summed E-state index contributed by atoms with van der Waals surface area (Å²) in [5.41, 5.74) is 22.1. The van der Waals surface area contributed by atoms with Crippen LogP contribution in [0.3, 0.4) is 0 Å². The summed E-state index contributed by atoms with van der Waals surface area (Å²) in [5.74, 6) is -10.4. The van der Waals surface area contributed by atoms with E-state index < -0.39 is 127 Å². The lowest BCUT2D eigenvalue weighted by atomic mass is 10.0. The van der Waals surface area contributed by atoms with Gasteiger partial charge in [-0.15, -0.1) is 0 Å². The van der Waals surface area contributed by atoms with Crippen LogP contribution in [0.4, 0.5) is 0 Å². The van der Waals surface area contributed by atoms with Crippen LogP contribution in [-0.4, -0.2) is 153 Å². The highest BCUT2D eigenvalue weighted by atomic mass is 16.4. The third-order valence-corrected chi connectivity index (χ3v) is 9.45. The van der Waals surface area contributed by atoms with Gasteiger partial charge in [-0.3, -0.25) is 43.3 Å². The lowest BCUT2D eigenvalue weighted by Gasteiger charge is -2.28. The summed E-state index contributed by atoms with van der Waals surface area (Å²) in [6.07, 6.45) is 1.90. The summed E-state index contributed by atoms with van der Waals surface area (Å²) in [5, 5.41) is 46.5. The third kappa shape index (κ3) is 19.7. The minimum Gasteiger partial charge on any atom is -0.480 e. The lowest BCUT2D eigenvalue weighted by molar-refractivity contribution is -0.142. The minimum absolute atomic E-state index is 0.0155. The number of rotatable bonds is 29. The molecule has 0 aliphatic rings. The topological polar surface area (TPSA) is 444 Å². The Morgan fingerprint density at radius 1 is 0.656 bits per heavy atom. The van der Waals surface area contributed by atoms with Gasteiger partial charge in [-0.25, -0.2) is 9.78 Å². The summed E-state index contributed by atoms with van der Waals surface area (Å²) in [4.78, 5) is 128. The molecule has 64 heavy (non-hydrogen) atoms. The highest BCUT2D eigenvalue weighted by Crippen LogP contribution is 2.10. The van der Waals surface area contributed by atoms with Crippen molar-refractivity contribution in [3.05, 3.63) is 18.2 Å². The molecule has 0 aromatic carbocycles. The number of nitrogens with two attached hydrogens (primary N) is 4. The van der Waals surface area contributed by atoms with Gasteiger partial charge in [0, 0.05) is 24.9 Å². The number of aliphatic hydroxyl groups excluding tert-OH is 2. The fourth-order valence-corrected chi connectivity index (χ4v) is 5.80. The van der Waals surface area contributed by atoms with Gasteiger partial charge in [-0.1, -0.05) is 41.5 Å². The van der Waals surface area contributed by atoms with Crippen LogP contribution in [0, 0.1) is 17.8 Å². The molecule has 0 radical (unpaired) electrons. The van der Waals surface area contributed by atoms with Crippen LogP contribution in [-0.2, 0) is 49.6 Å². The van der Waals surface area contributed by atoms with E-state index >= 15 is 0 Å². The number of aliphatic carboxylic acids is 1. The number of amides is 8. The van der Waals surface area contributed by atoms with Crippen LogP contribution in [0.15, 0.2) is 17.5 Å². The van der Waals surface area contributed by atoms with Crippen LogP contribution in [0.25, 0.3) is 0 Å².